The van der Waals surface area contributed by atoms with E-state index >= 15 is 0 Å². The summed E-state index contributed by atoms with van der Waals surface area (Å²) in [6.45, 7) is 4.15. The lowest BCUT2D eigenvalue weighted by Crippen LogP contribution is -2.23. The van der Waals surface area contributed by atoms with Crippen LogP contribution in [0.1, 0.15) is 42.1 Å². The molecule has 4 heteroatoms. The van der Waals surface area contributed by atoms with Crippen LogP contribution >= 0.6 is 0 Å². The number of hydrogen-bond acceptors (Lipinski definition) is 4. The number of benzene rings is 2. The second kappa shape index (κ2) is 6.89. The van der Waals surface area contributed by atoms with Crippen LogP contribution in [0.5, 0.6) is 11.5 Å². The lowest BCUT2D eigenvalue weighted by Gasteiger charge is -2.17. The van der Waals surface area contributed by atoms with Crippen LogP contribution in [0.3, 0.4) is 0 Å². The Labute approximate surface area is 148 Å². The van der Waals surface area contributed by atoms with Crippen LogP contribution in [0, 0.1) is 0 Å². The van der Waals surface area contributed by atoms with Crippen molar-refractivity contribution in [1.82, 2.24) is 5.32 Å². The maximum Gasteiger partial charge on any atom is 0.198 e. The maximum atomic E-state index is 12.9. The SMILES string of the molecule is CCOc1ccc2c(c1OCCC1CCCN1)C(=O)c1ccccc1-2. The van der Waals surface area contributed by atoms with Crippen molar-refractivity contribution in [3.63, 3.8) is 0 Å². The molecule has 130 valence electrons. The first kappa shape index (κ1) is 16.2. The van der Waals surface area contributed by atoms with Crippen molar-refractivity contribution in [3.05, 3.63) is 47.5 Å². The molecule has 0 aromatic heterocycles. The fraction of sp³-hybridized carbons (Fsp3) is 0.381. The summed E-state index contributed by atoms with van der Waals surface area (Å²) < 4.78 is 11.8. The Hall–Kier alpha value is -2.33. The molecule has 4 nitrogen and oxygen atoms in total. The molecule has 2 aromatic rings. The Balaban J connectivity index is 1.65. The van der Waals surface area contributed by atoms with E-state index in [1.54, 1.807) is 0 Å². The third kappa shape index (κ3) is 2.91. The molecule has 1 aliphatic carbocycles. The summed E-state index contributed by atoms with van der Waals surface area (Å²) in [5.74, 6) is 1.28. The largest absolute Gasteiger partial charge is 0.490 e. The lowest BCUT2D eigenvalue weighted by atomic mass is 10.0. The number of nitrogens with one attached hydrogen (secondary N) is 1. The first-order valence-electron chi connectivity index (χ1n) is 9.09. The topological polar surface area (TPSA) is 47.6 Å². The van der Waals surface area contributed by atoms with Gasteiger partial charge in [0.1, 0.15) is 0 Å². The Bertz CT molecular complexity index is 794. The van der Waals surface area contributed by atoms with E-state index in [4.69, 9.17) is 9.47 Å². The molecule has 1 unspecified atom stereocenters. The van der Waals surface area contributed by atoms with Gasteiger partial charge in [0.05, 0.1) is 18.8 Å². The standard InChI is InChI=1S/C21H23NO3/c1-2-24-18-10-9-16-15-7-3-4-8-17(15)20(23)19(16)21(18)25-13-11-14-6-5-12-22-14/h3-4,7-10,14,22H,2,5-6,11-13H2,1H3. The molecule has 0 spiro atoms. The number of carbonyl (C=O) groups is 1. The van der Waals surface area contributed by atoms with Crippen molar-refractivity contribution in [1.29, 1.82) is 0 Å². The summed E-state index contributed by atoms with van der Waals surface area (Å²) in [5.41, 5.74) is 3.31. The summed E-state index contributed by atoms with van der Waals surface area (Å²) in [6.07, 6.45) is 3.36. The molecule has 25 heavy (non-hydrogen) atoms. The van der Waals surface area contributed by atoms with Crippen LogP contribution in [0.4, 0.5) is 0 Å². The highest BCUT2D eigenvalue weighted by Gasteiger charge is 2.32. The average molecular weight is 337 g/mol. The molecule has 0 radical (unpaired) electrons. The fourth-order valence-corrected chi connectivity index (χ4v) is 3.78. The van der Waals surface area contributed by atoms with Crippen LogP contribution < -0.4 is 14.8 Å². The van der Waals surface area contributed by atoms with Crippen LogP contribution in [-0.2, 0) is 0 Å². The van der Waals surface area contributed by atoms with Gasteiger partial charge in [-0.1, -0.05) is 24.3 Å². The third-order valence-corrected chi connectivity index (χ3v) is 4.99. The number of ketones is 1. The van der Waals surface area contributed by atoms with Gasteiger partial charge in [-0.25, -0.2) is 0 Å². The van der Waals surface area contributed by atoms with Gasteiger partial charge in [-0.15, -0.1) is 0 Å². The van der Waals surface area contributed by atoms with Gasteiger partial charge < -0.3 is 14.8 Å². The summed E-state index contributed by atoms with van der Waals surface area (Å²) in [6, 6.07) is 12.1. The summed E-state index contributed by atoms with van der Waals surface area (Å²) in [4.78, 5) is 12.9. The number of rotatable bonds is 6. The van der Waals surface area contributed by atoms with Crippen molar-refractivity contribution in [2.24, 2.45) is 0 Å². The van der Waals surface area contributed by atoms with Crippen molar-refractivity contribution in [2.75, 3.05) is 19.8 Å². The molecule has 2 aliphatic rings. The average Bonchev–Trinajstić information content (AvgIpc) is 3.24. The lowest BCUT2D eigenvalue weighted by molar-refractivity contribution is 0.103. The van der Waals surface area contributed by atoms with E-state index in [0.717, 1.165) is 29.7 Å². The van der Waals surface area contributed by atoms with Gasteiger partial charge in [-0.3, -0.25) is 4.79 Å². The summed E-state index contributed by atoms with van der Waals surface area (Å²) >= 11 is 0. The normalized spacial score (nSPS) is 18.1. The number of carbonyl (C=O) groups excluding carboxylic acids is 1. The molecule has 0 amide bonds. The van der Waals surface area contributed by atoms with Gasteiger partial charge in [0.15, 0.2) is 17.3 Å². The molecular weight excluding hydrogens is 314 g/mol. The molecule has 2 aromatic carbocycles. The van der Waals surface area contributed by atoms with Crippen molar-refractivity contribution in [2.45, 2.75) is 32.2 Å². The molecule has 1 N–H and O–H groups in total. The molecule has 1 atom stereocenters. The summed E-state index contributed by atoms with van der Waals surface area (Å²) in [7, 11) is 0. The van der Waals surface area contributed by atoms with Crippen molar-refractivity contribution in [3.8, 4) is 22.6 Å². The van der Waals surface area contributed by atoms with Gasteiger partial charge >= 0.3 is 0 Å². The molecule has 4 rings (SSSR count). The van der Waals surface area contributed by atoms with E-state index in [1.807, 2.05) is 43.3 Å². The monoisotopic (exact) mass is 337 g/mol. The third-order valence-electron chi connectivity index (χ3n) is 4.99. The van der Waals surface area contributed by atoms with E-state index in [9.17, 15) is 4.79 Å². The van der Waals surface area contributed by atoms with Crippen LogP contribution in [0.15, 0.2) is 36.4 Å². The van der Waals surface area contributed by atoms with Gasteiger partial charge in [0.2, 0.25) is 0 Å². The van der Waals surface area contributed by atoms with Crippen LogP contribution in [-0.4, -0.2) is 31.6 Å². The predicted octanol–water partition coefficient (Wildman–Crippen LogP) is 3.82. The number of hydrogen-bond donors (Lipinski definition) is 1. The molecular formula is C21H23NO3. The summed E-state index contributed by atoms with van der Waals surface area (Å²) in [5, 5.41) is 3.48. The van der Waals surface area contributed by atoms with Gasteiger partial charge in [-0.05, 0) is 56.0 Å². The number of fused-ring (bicyclic) bond motifs is 3. The minimum Gasteiger partial charge on any atom is -0.490 e. The van der Waals surface area contributed by atoms with Gasteiger partial charge in [-0.2, -0.15) is 0 Å². The van der Waals surface area contributed by atoms with Gasteiger partial charge in [0.25, 0.3) is 0 Å². The van der Waals surface area contributed by atoms with E-state index in [1.165, 1.54) is 12.8 Å². The van der Waals surface area contributed by atoms with Crippen LogP contribution in [0.2, 0.25) is 0 Å². The first-order valence-corrected chi connectivity index (χ1v) is 9.09. The van der Waals surface area contributed by atoms with E-state index in [-0.39, 0.29) is 5.78 Å². The minimum atomic E-state index is 0.0288. The first-order chi connectivity index (χ1) is 12.3. The highest BCUT2D eigenvalue weighted by Crippen LogP contribution is 2.45. The molecule has 1 fully saturated rings. The second-order valence-electron chi connectivity index (χ2n) is 6.55. The molecule has 0 saturated carbocycles. The van der Waals surface area contributed by atoms with E-state index in [2.05, 4.69) is 5.32 Å². The Morgan fingerprint density at radius 2 is 1.92 bits per heavy atom. The molecule has 1 aliphatic heterocycles. The zero-order chi connectivity index (χ0) is 17.2. The van der Waals surface area contributed by atoms with E-state index < -0.39 is 0 Å². The van der Waals surface area contributed by atoms with Gasteiger partial charge in [0, 0.05) is 11.6 Å². The Morgan fingerprint density at radius 3 is 2.68 bits per heavy atom. The molecule has 0 bridgehead atoms. The van der Waals surface area contributed by atoms with E-state index in [0.29, 0.717) is 36.3 Å². The molecule has 1 saturated heterocycles. The maximum absolute atomic E-state index is 12.9. The Morgan fingerprint density at radius 1 is 1.08 bits per heavy atom. The zero-order valence-electron chi connectivity index (χ0n) is 14.5. The molecule has 1 heterocycles. The zero-order valence-corrected chi connectivity index (χ0v) is 14.5. The van der Waals surface area contributed by atoms with Crippen molar-refractivity contribution < 1.29 is 14.3 Å². The van der Waals surface area contributed by atoms with Crippen LogP contribution in [0.25, 0.3) is 11.1 Å². The minimum absolute atomic E-state index is 0.0288. The quantitative estimate of drug-likeness (QED) is 0.743. The second-order valence-corrected chi connectivity index (χ2v) is 6.55. The Kier molecular flexibility index (Phi) is 4.45. The highest BCUT2D eigenvalue weighted by atomic mass is 16.5. The predicted molar refractivity (Wildman–Crippen MR) is 97.6 cm³/mol. The van der Waals surface area contributed by atoms with Crippen molar-refractivity contribution >= 4 is 5.78 Å². The fourth-order valence-electron chi connectivity index (χ4n) is 3.78. The number of ether oxygens (including phenoxy) is 2. The highest BCUT2D eigenvalue weighted by molar-refractivity contribution is 6.23. The smallest absolute Gasteiger partial charge is 0.198 e.